The van der Waals surface area contributed by atoms with Gasteiger partial charge in [0, 0.05) is 13.6 Å². The molecule has 0 bridgehead atoms. The zero-order valence-electron chi connectivity index (χ0n) is 13.8. The number of hydrogen-bond donors (Lipinski definition) is 0. The molecule has 0 atom stereocenters. The van der Waals surface area contributed by atoms with E-state index >= 15 is 0 Å². The first-order valence-electron chi connectivity index (χ1n) is 7.28. The summed E-state index contributed by atoms with van der Waals surface area (Å²) in [4.78, 5) is 30.3. The van der Waals surface area contributed by atoms with E-state index in [1.807, 2.05) is 38.1 Å². The van der Waals surface area contributed by atoms with E-state index in [0.29, 0.717) is 17.1 Å². The fourth-order valence-electron chi connectivity index (χ4n) is 2.15. The molecule has 2 aromatic rings. The molecule has 1 amide bonds. The van der Waals surface area contributed by atoms with Crippen molar-refractivity contribution in [2.75, 3.05) is 13.7 Å². The molecule has 6 heteroatoms. The smallest absolute Gasteiger partial charge is 0.350 e. The maximum absolute atomic E-state index is 12.1. The standard InChI is InChI=1S/C17H20N2O3S/c1-11-7-5-6-8-14(11)9-19(4)15(20)10-22-17(21)16-12(2)18-13(3)23-16/h5-8H,9-10H2,1-4H3. The second-order valence-electron chi connectivity index (χ2n) is 5.40. The number of carbonyl (C=O) groups is 2. The number of ether oxygens (including phenoxy) is 1. The Morgan fingerprint density at radius 2 is 1.91 bits per heavy atom. The minimum Gasteiger partial charge on any atom is -0.451 e. The van der Waals surface area contributed by atoms with Crippen molar-refractivity contribution in [1.82, 2.24) is 9.88 Å². The first kappa shape index (κ1) is 17.1. The molecule has 2 rings (SSSR count). The Bertz CT molecular complexity index is 724. The average molecular weight is 332 g/mol. The maximum Gasteiger partial charge on any atom is 0.350 e. The Labute approximate surface area is 139 Å². The normalized spacial score (nSPS) is 10.4. The highest BCUT2D eigenvalue weighted by Crippen LogP contribution is 2.18. The zero-order chi connectivity index (χ0) is 17.0. The third-order valence-corrected chi connectivity index (χ3v) is 4.56. The molecule has 0 aliphatic heterocycles. The number of thiazole rings is 1. The summed E-state index contributed by atoms with van der Waals surface area (Å²) < 4.78 is 5.11. The van der Waals surface area contributed by atoms with Crippen LogP contribution in [0.1, 0.15) is 31.5 Å². The van der Waals surface area contributed by atoms with Gasteiger partial charge in [-0.25, -0.2) is 9.78 Å². The second-order valence-corrected chi connectivity index (χ2v) is 6.60. The van der Waals surface area contributed by atoms with Crippen molar-refractivity contribution in [3.05, 3.63) is 51.0 Å². The predicted molar refractivity (Wildman–Crippen MR) is 89.5 cm³/mol. The molecule has 0 spiro atoms. The van der Waals surface area contributed by atoms with Crippen molar-refractivity contribution in [3.63, 3.8) is 0 Å². The van der Waals surface area contributed by atoms with Crippen LogP contribution in [0.3, 0.4) is 0 Å². The fourth-order valence-corrected chi connectivity index (χ4v) is 2.97. The summed E-state index contributed by atoms with van der Waals surface area (Å²) in [5.74, 6) is -0.730. The number of nitrogens with zero attached hydrogens (tertiary/aromatic N) is 2. The molecule has 0 fully saturated rings. The number of aryl methyl sites for hydroxylation is 3. The first-order chi connectivity index (χ1) is 10.9. The minimum atomic E-state index is -0.495. The summed E-state index contributed by atoms with van der Waals surface area (Å²) in [7, 11) is 1.70. The number of rotatable bonds is 5. The monoisotopic (exact) mass is 332 g/mol. The zero-order valence-corrected chi connectivity index (χ0v) is 14.6. The van der Waals surface area contributed by atoms with Gasteiger partial charge in [-0.2, -0.15) is 0 Å². The molecular formula is C17H20N2O3S. The Balaban J connectivity index is 1.90. The van der Waals surface area contributed by atoms with Crippen LogP contribution in [-0.2, 0) is 16.1 Å². The van der Waals surface area contributed by atoms with Crippen LogP contribution in [0.25, 0.3) is 0 Å². The Kier molecular flexibility index (Phi) is 5.50. The van der Waals surface area contributed by atoms with Crippen molar-refractivity contribution in [2.24, 2.45) is 0 Å². The van der Waals surface area contributed by atoms with Gasteiger partial charge < -0.3 is 9.64 Å². The Morgan fingerprint density at radius 3 is 2.52 bits per heavy atom. The summed E-state index contributed by atoms with van der Waals surface area (Å²) >= 11 is 1.28. The lowest BCUT2D eigenvalue weighted by molar-refractivity contribution is -0.133. The molecule has 0 radical (unpaired) electrons. The van der Waals surface area contributed by atoms with Crippen LogP contribution in [0.2, 0.25) is 0 Å². The molecule has 1 heterocycles. The van der Waals surface area contributed by atoms with E-state index < -0.39 is 5.97 Å². The molecule has 1 aromatic carbocycles. The number of carbonyl (C=O) groups excluding carboxylic acids is 2. The molecule has 23 heavy (non-hydrogen) atoms. The SMILES string of the molecule is Cc1nc(C)c(C(=O)OCC(=O)N(C)Cc2ccccc2C)s1. The van der Waals surface area contributed by atoms with Crippen LogP contribution in [0.15, 0.2) is 24.3 Å². The number of benzene rings is 1. The van der Waals surface area contributed by atoms with E-state index in [4.69, 9.17) is 4.74 Å². The molecule has 0 N–H and O–H groups in total. The van der Waals surface area contributed by atoms with Crippen molar-refractivity contribution in [1.29, 1.82) is 0 Å². The second kappa shape index (κ2) is 7.37. The summed E-state index contributed by atoms with van der Waals surface area (Å²) in [6.45, 7) is 5.81. The van der Waals surface area contributed by atoms with Gasteiger partial charge in [0.2, 0.25) is 0 Å². The number of aromatic nitrogens is 1. The fraction of sp³-hybridized carbons (Fsp3) is 0.353. The van der Waals surface area contributed by atoms with Gasteiger partial charge in [0.05, 0.1) is 10.7 Å². The summed E-state index contributed by atoms with van der Waals surface area (Å²) in [5, 5.41) is 0.803. The molecule has 1 aromatic heterocycles. The molecule has 0 saturated carbocycles. The lowest BCUT2D eigenvalue weighted by Gasteiger charge is -2.18. The van der Waals surface area contributed by atoms with Crippen LogP contribution in [0.4, 0.5) is 0 Å². The molecule has 122 valence electrons. The first-order valence-corrected chi connectivity index (χ1v) is 8.09. The van der Waals surface area contributed by atoms with Crippen molar-refractivity contribution >= 4 is 23.2 Å². The molecule has 0 aliphatic rings. The lowest BCUT2D eigenvalue weighted by Crippen LogP contribution is -2.31. The van der Waals surface area contributed by atoms with Crippen LogP contribution in [0, 0.1) is 20.8 Å². The Hall–Kier alpha value is -2.21. The predicted octanol–water partition coefficient (Wildman–Crippen LogP) is 2.88. The van der Waals surface area contributed by atoms with Crippen molar-refractivity contribution in [2.45, 2.75) is 27.3 Å². The molecule has 0 unspecified atom stereocenters. The van der Waals surface area contributed by atoms with Gasteiger partial charge in [-0.05, 0) is 31.9 Å². The minimum absolute atomic E-state index is 0.236. The van der Waals surface area contributed by atoms with Gasteiger partial charge in [0.15, 0.2) is 6.61 Å². The Morgan fingerprint density at radius 1 is 1.22 bits per heavy atom. The third-order valence-electron chi connectivity index (χ3n) is 3.51. The van der Waals surface area contributed by atoms with E-state index in [1.165, 1.54) is 11.3 Å². The largest absolute Gasteiger partial charge is 0.451 e. The molecular weight excluding hydrogens is 312 g/mol. The summed E-state index contributed by atoms with van der Waals surface area (Å²) in [6, 6.07) is 7.88. The van der Waals surface area contributed by atoms with Gasteiger partial charge in [-0.15, -0.1) is 11.3 Å². The van der Waals surface area contributed by atoms with Gasteiger partial charge in [0.25, 0.3) is 5.91 Å². The van der Waals surface area contributed by atoms with E-state index in [0.717, 1.165) is 16.1 Å². The third kappa shape index (κ3) is 4.39. The number of esters is 1. The quantitative estimate of drug-likeness (QED) is 0.790. The van der Waals surface area contributed by atoms with Gasteiger partial charge in [0.1, 0.15) is 4.88 Å². The van der Waals surface area contributed by atoms with Gasteiger partial charge >= 0.3 is 5.97 Å². The van der Waals surface area contributed by atoms with E-state index in [2.05, 4.69) is 4.98 Å². The highest BCUT2D eigenvalue weighted by Gasteiger charge is 2.18. The van der Waals surface area contributed by atoms with Crippen molar-refractivity contribution in [3.8, 4) is 0 Å². The number of likely N-dealkylation sites (N-methyl/N-ethyl adjacent to an activating group) is 1. The van der Waals surface area contributed by atoms with Crippen LogP contribution >= 0.6 is 11.3 Å². The lowest BCUT2D eigenvalue weighted by atomic mass is 10.1. The number of hydrogen-bond acceptors (Lipinski definition) is 5. The highest BCUT2D eigenvalue weighted by atomic mass is 32.1. The topological polar surface area (TPSA) is 59.5 Å². The average Bonchev–Trinajstić information content (AvgIpc) is 2.85. The highest BCUT2D eigenvalue weighted by molar-refractivity contribution is 7.13. The summed E-state index contributed by atoms with van der Waals surface area (Å²) in [6.07, 6.45) is 0. The number of amides is 1. The molecule has 0 saturated heterocycles. The van der Waals surface area contributed by atoms with E-state index in [1.54, 1.807) is 18.9 Å². The van der Waals surface area contributed by atoms with Gasteiger partial charge in [-0.3, -0.25) is 4.79 Å². The van der Waals surface area contributed by atoms with Crippen LogP contribution in [-0.4, -0.2) is 35.4 Å². The molecule has 0 aliphatic carbocycles. The van der Waals surface area contributed by atoms with E-state index in [9.17, 15) is 9.59 Å². The van der Waals surface area contributed by atoms with Gasteiger partial charge in [-0.1, -0.05) is 24.3 Å². The van der Waals surface area contributed by atoms with Crippen molar-refractivity contribution < 1.29 is 14.3 Å². The maximum atomic E-state index is 12.1. The summed E-state index contributed by atoms with van der Waals surface area (Å²) in [5.41, 5.74) is 2.83. The van der Waals surface area contributed by atoms with Crippen LogP contribution in [0.5, 0.6) is 0 Å². The molecule has 5 nitrogen and oxygen atoms in total. The van der Waals surface area contributed by atoms with Crippen LogP contribution < -0.4 is 0 Å². The van der Waals surface area contributed by atoms with E-state index in [-0.39, 0.29) is 12.5 Å².